The van der Waals surface area contributed by atoms with Gasteiger partial charge in [-0.2, -0.15) is 5.10 Å². The number of benzene rings is 2. The van der Waals surface area contributed by atoms with Crippen LogP contribution >= 0.6 is 0 Å². The molecular formula is C21H23N3O4. The van der Waals surface area contributed by atoms with Gasteiger partial charge in [0.05, 0.1) is 19.9 Å². The summed E-state index contributed by atoms with van der Waals surface area (Å²) in [6.07, 6.45) is 1.60. The number of hydrogen-bond acceptors (Lipinski definition) is 5. The average molecular weight is 381 g/mol. The van der Waals surface area contributed by atoms with Gasteiger partial charge in [-0.05, 0) is 55.3 Å². The summed E-state index contributed by atoms with van der Waals surface area (Å²) in [7, 11) is 3.18. The first-order valence-electron chi connectivity index (χ1n) is 9.01. The normalized spacial score (nSPS) is 13.5. The van der Waals surface area contributed by atoms with E-state index in [-0.39, 0.29) is 11.8 Å². The fourth-order valence-electron chi connectivity index (χ4n) is 3.06. The van der Waals surface area contributed by atoms with Gasteiger partial charge < -0.3 is 14.8 Å². The lowest BCUT2D eigenvalue weighted by Gasteiger charge is -2.24. The van der Waals surface area contributed by atoms with Crippen LogP contribution < -0.4 is 14.8 Å². The summed E-state index contributed by atoms with van der Waals surface area (Å²) in [5, 5.41) is 8.74. The Balaban J connectivity index is 1.81. The van der Waals surface area contributed by atoms with Gasteiger partial charge in [-0.15, -0.1) is 0 Å². The molecule has 2 amide bonds. The molecule has 0 atom stereocenters. The quantitative estimate of drug-likeness (QED) is 0.862. The van der Waals surface area contributed by atoms with Crippen LogP contribution in [0.15, 0.2) is 47.6 Å². The second-order valence-corrected chi connectivity index (χ2v) is 6.41. The van der Waals surface area contributed by atoms with Crippen molar-refractivity contribution >= 4 is 23.2 Å². The predicted molar refractivity (Wildman–Crippen MR) is 107 cm³/mol. The maximum atomic E-state index is 12.8. The number of methoxy groups -OCH3 is 2. The number of rotatable bonds is 5. The third-order valence-corrected chi connectivity index (χ3v) is 4.43. The summed E-state index contributed by atoms with van der Waals surface area (Å²) in [5.74, 6) is 0.945. The minimum absolute atomic E-state index is 0.153. The van der Waals surface area contributed by atoms with E-state index in [1.165, 1.54) is 11.9 Å². The number of carbonyl (C=O) groups excluding carboxylic acids is 2. The molecule has 0 radical (unpaired) electrons. The molecule has 2 aromatic rings. The largest absolute Gasteiger partial charge is 0.493 e. The van der Waals surface area contributed by atoms with Gasteiger partial charge in [-0.1, -0.05) is 0 Å². The monoisotopic (exact) mass is 381 g/mol. The molecule has 28 heavy (non-hydrogen) atoms. The van der Waals surface area contributed by atoms with E-state index in [1.807, 2.05) is 18.2 Å². The smallest absolute Gasteiger partial charge is 0.273 e. The van der Waals surface area contributed by atoms with Crippen LogP contribution in [0.1, 0.15) is 35.7 Å². The van der Waals surface area contributed by atoms with E-state index in [2.05, 4.69) is 10.4 Å². The zero-order chi connectivity index (χ0) is 20.1. The first-order valence-corrected chi connectivity index (χ1v) is 9.01. The average Bonchev–Trinajstić information content (AvgIpc) is 2.73. The van der Waals surface area contributed by atoms with Crippen molar-refractivity contribution in [3.8, 4) is 11.5 Å². The van der Waals surface area contributed by atoms with E-state index in [9.17, 15) is 9.59 Å². The van der Waals surface area contributed by atoms with Crippen LogP contribution in [-0.2, 0) is 4.79 Å². The topological polar surface area (TPSA) is 80.2 Å². The van der Waals surface area contributed by atoms with Gasteiger partial charge in [-0.3, -0.25) is 9.59 Å². The molecule has 0 saturated heterocycles. The highest BCUT2D eigenvalue weighted by atomic mass is 16.5. The SMILES string of the molecule is COc1ccc(C2=NN(C(=O)c3ccc(NC(C)=O)cc3)CCC2)cc1OC. The molecule has 1 aliphatic heterocycles. The lowest BCUT2D eigenvalue weighted by Crippen LogP contribution is -2.32. The molecule has 0 saturated carbocycles. The van der Waals surface area contributed by atoms with Crippen molar-refractivity contribution in [2.24, 2.45) is 5.10 Å². The molecule has 0 spiro atoms. The Morgan fingerprint density at radius 1 is 1.04 bits per heavy atom. The van der Waals surface area contributed by atoms with Gasteiger partial charge in [0, 0.05) is 30.3 Å². The van der Waals surface area contributed by atoms with Gasteiger partial charge in [0.25, 0.3) is 5.91 Å². The molecule has 0 fully saturated rings. The summed E-state index contributed by atoms with van der Waals surface area (Å²) in [4.78, 5) is 23.9. The van der Waals surface area contributed by atoms with E-state index >= 15 is 0 Å². The highest BCUT2D eigenvalue weighted by Gasteiger charge is 2.21. The first-order chi connectivity index (χ1) is 13.5. The Morgan fingerprint density at radius 2 is 1.75 bits per heavy atom. The lowest BCUT2D eigenvalue weighted by molar-refractivity contribution is -0.114. The highest BCUT2D eigenvalue weighted by molar-refractivity contribution is 6.03. The van der Waals surface area contributed by atoms with E-state index in [0.29, 0.717) is 29.3 Å². The molecule has 7 heteroatoms. The van der Waals surface area contributed by atoms with Crippen molar-refractivity contribution in [1.29, 1.82) is 0 Å². The van der Waals surface area contributed by atoms with Crippen LogP contribution in [0, 0.1) is 0 Å². The molecule has 1 aliphatic rings. The number of anilines is 1. The van der Waals surface area contributed by atoms with Crippen LogP contribution in [0.5, 0.6) is 11.5 Å². The minimum atomic E-state index is -0.174. The molecule has 2 aromatic carbocycles. The molecule has 0 aromatic heterocycles. The van der Waals surface area contributed by atoms with Gasteiger partial charge in [0.15, 0.2) is 11.5 Å². The van der Waals surface area contributed by atoms with E-state index in [0.717, 1.165) is 24.1 Å². The number of carbonyl (C=O) groups is 2. The lowest BCUT2D eigenvalue weighted by atomic mass is 10.0. The van der Waals surface area contributed by atoms with Gasteiger partial charge in [0.2, 0.25) is 5.91 Å². The maximum absolute atomic E-state index is 12.8. The van der Waals surface area contributed by atoms with Crippen LogP contribution in [0.3, 0.4) is 0 Å². The molecule has 0 unspecified atom stereocenters. The maximum Gasteiger partial charge on any atom is 0.273 e. The van der Waals surface area contributed by atoms with Crippen molar-refractivity contribution in [3.63, 3.8) is 0 Å². The third-order valence-electron chi connectivity index (χ3n) is 4.43. The summed E-state index contributed by atoms with van der Waals surface area (Å²) in [5.41, 5.74) is 2.90. The van der Waals surface area contributed by atoms with Crippen LogP contribution in [0.4, 0.5) is 5.69 Å². The van der Waals surface area contributed by atoms with Gasteiger partial charge in [0.1, 0.15) is 0 Å². The Morgan fingerprint density at radius 3 is 2.39 bits per heavy atom. The Hall–Kier alpha value is -3.35. The van der Waals surface area contributed by atoms with Crippen LogP contribution in [0.25, 0.3) is 0 Å². The molecule has 146 valence electrons. The molecule has 1 heterocycles. The fraction of sp³-hybridized carbons (Fsp3) is 0.286. The molecule has 7 nitrogen and oxygen atoms in total. The van der Waals surface area contributed by atoms with Crippen molar-refractivity contribution in [2.75, 3.05) is 26.1 Å². The summed E-state index contributed by atoms with van der Waals surface area (Å²) in [6.45, 7) is 2.00. The van der Waals surface area contributed by atoms with E-state index in [1.54, 1.807) is 38.5 Å². The number of hydrazone groups is 1. The Kier molecular flexibility index (Phi) is 5.93. The summed E-state index contributed by atoms with van der Waals surface area (Å²) >= 11 is 0. The standard InChI is InChI=1S/C21H23N3O4/c1-14(25)22-17-9-6-15(7-10-17)21(26)24-12-4-5-18(23-24)16-8-11-19(27-2)20(13-16)28-3/h6-11,13H,4-5,12H2,1-3H3,(H,22,25). The first kappa shape index (κ1) is 19.4. The third kappa shape index (κ3) is 4.31. The minimum Gasteiger partial charge on any atom is -0.493 e. The Labute approximate surface area is 163 Å². The van der Waals surface area contributed by atoms with E-state index in [4.69, 9.17) is 9.47 Å². The highest BCUT2D eigenvalue weighted by Crippen LogP contribution is 2.29. The van der Waals surface area contributed by atoms with Crippen LogP contribution in [-0.4, -0.2) is 43.3 Å². The Bertz CT molecular complexity index is 906. The summed E-state index contributed by atoms with van der Waals surface area (Å²) in [6, 6.07) is 12.4. The van der Waals surface area contributed by atoms with E-state index < -0.39 is 0 Å². The zero-order valence-electron chi connectivity index (χ0n) is 16.2. The number of hydrogen-bond donors (Lipinski definition) is 1. The molecule has 3 rings (SSSR count). The fourth-order valence-corrected chi connectivity index (χ4v) is 3.06. The molecule has 0 aliphatic carbocycles. The van der Waals surface area contributed by atoms with Gasteiger partial charge in [-0.25, -0.2) is 5.01 Å². The molecule has 1 N–H and O–H groups in total. The van der Waals surface area contributed by atoms with Gasteiger partial charge >= 0.3 is 0 Å². The molecule has 0 bridgehead atoms. The van der Waals surface area contributed by atoms with Crippen molar-refractivity contribution in [3.05, 3.63) is 53.6 Å². The second-order valence-electron chi connectivity index (χ2n) is 6.41. The summed E-state index contributed by atoms with van der Waals surface area (Å²) < 4.78 is 10.6. The van der Waals surface area contributed by atoms with Crippen LogP contribution in [0.2, 0.25) is 0 Å². The van der Waals surface area contributed by atoms with Crippen molar-refractivity contribution in [2.45, 2.75) is 19.8 Å². The van der Waals surface area contributed by atoms with Crippen molar-refractivity contribution < 1.29 is 19.1 Å². The number of ether oxygens (including phenoxy) is 2. The zero-order valence-corrected chi connectivity index (χ0v) is 16.2. The number of amides is 2. The van der Waals surface area contributed by atoms with Crippen molar-refractivity contribution in [1.82, 2.24) is 5.01 Å². The number of nitrogens with one attached hydrogen (secondary N) is 1. The number of nitrogens with zero attached hydrogens (tertiary/aromatic N) is 2. The second kappa shape index (κ2) is 8.56. The predicted octanol–water partition coefficient (Wildman–Crippen LogP) is 3.30. The molecular weight excluding hydrogens is 358 g/mol.